The maximum atomic E-state index is 13.0. The van der Waals surface area contributed by atoms with Crippen LogP contribution in [0.1, 0.15) is 37.7 Å². The van der Waals surface area contributed by atoms with Gasteiger partial charge in [0.25, 0.3) is 11.1 Å². The average molecular weight is 402 g/mol. The quantitative estimate of drug-likeness (QED) is 0.735. The van der Waals surface area contributed by atoms with Crippen LogP contribution in [0.2, 0.25) is 0 Å². The van der Waals surface area contributed by atoms with E-state index in [2.05, 4.69) is 5.32 Å². The normalized spacial score (nSPS) is 27.8. The van der Waals surface area contributed by atoms with Crippen molar-refractivity contribution in [3.8, 4) is 0 Å². The van der Waals surface area contributed by atoms with E-state index in [1.54, 1.807) is 18.2 Å². The summed E-state index contributed by atoms with van der Waals surface area (Å²) in [4.78, 5) is 38.3. The summed E-state index contributed by atoms with van der Waals surface area (Å²) in [7, 11) is 0. The van der Waals surface area contributed by atoms with E-state index in [9.17, 15) is 18.8 Å². The highest BCUT2D eigenvalue weighted by Crippen LogP contribution is 2.49. The predicted molar refractivity (Wildman–Crippen MR) is 106 cm³/mol. The van der Waals surface area contributed by atoms with Crippen LogP contribution in [0, 0.1) is 23.6 Å². The van der Waals surface area contributed by atoms with E-state index in [1.807, 2.05) is 0 Å². The van der Waals surface area contributed by atoms with Crippen molar-refractivity contribution in [1.29, 1.82) is 0 Å². The number of fused-ring (bicyclic) bond motifs is 2. The monoisotopic (exact) mass is 402 g/mol. The maximum absolute atomic E-state index is 13.0. The second-order valence-electron chi connectivity index (χ2n) is 7.87. The molecule has 3 atom stereocenters. The second kappa shape index (κ2) is 8.07. The largest absolute Gasteiger partial charge is 0.354 e. The number of hydrogen-bond acceptors (Lipinski definition) is 4. The van der Waals surface area contributed by atoms with Crippen LogP contribution in [0.25, 0.3) is 6.08 Å². The zero-order valence-electron chi connectivity index (χ0n) is 15.5. The van der Waals surface area contributed by atoms with Crippen molar-refractivity contribution in [3.05, 3.63) is 40.6 Å². The highest BCUT2D eigenvalue weighted by Gasteiger charge is 2.40. The van der Waals surface area contributed by atoms with E-state index in [0.717, 1.165) is 29.0 Å². The van der Waals surface area contributed by atoms with Gasteiger partial charge in [0.1, 0.15) is 5.82 Å². The van der Waals surface area contributed by atoms with Gasteiger partial charge in [-0.1, -0.05) is 18.6 Å². The molecule has 1 N–H and O–H groups in total. The van der Waals surface area contributed by atoms with Crippen LogP contribution < -0.4 is 5.32 Å². The molecule has 3 unspecified atom stereocenters. The van der Waals surface area contributed by atoms with Gasteiger partial charge in [0.2, 0.25) is 5.91 Å². The number of nitrogens with zero attached hydrogens (tertiary/aromatic N) is 1. The van der Waals surface area contributed by atoms with Crippen molar-refractivity contribution >= 4 is 34.9 Å². The van der Waals surface area contributed by atoms with Crippen molar-refractivity contribution in [2.75, 3.05) is 13.1 Å². The summed E-state index contributed by atoms with van der Waals surface area (Å²) in [6.07, 6.45) is 7.13. The van der Waals surface area contributed by atoms with Crippen LogP contribution in [0.5, 0.6) is 0 Å². The number of thioether (sulfide) groups is 1. The lowest BCUT2D eigenvalue weighted by atomic mass is 9.86. The average Bonchev–Trinajstić information content (AvgIpc) is 3.35. The number of hydrogen-bond donors (Lipinski definition) is 1. The molecule has 0 aromatic heterocycles. The fourth-order valence-electron chi connectivity index (χ4n) is 4.65. The predicted octanol–water partition coefficient (Wildman–Crippen LogP) is 3.80. The molecule has 0 radical (unpaired) electrons. The SMILES string of the molecule is O=C(CC1CC2CCC1C2)NCCN1C(=O)SC(=Cc2ccc(F)cc2)C1=O. The van der Waals surface area contributed by atoms with Crippen molar-refractivity contribution in [1.82, 2.24) is 10.2 Å². The minimum absolute atomic E-state index is 0.00590. The third-order valence-corrected chi connectivity index (χ3v) is 6.94. The third-order valence-electron chi connectivity index (χ3n) is 6.03. The van der Waals surface area contributed by atoms with Crippen LogP contribution in [-0.2, 0) is 9.59 Å². The molecular weight excluding hydrogens is 379 g/mol. The first-order valence-corrected chi connectivity index (χ1v) is 10.6. The van der Waals surface area contributed by atoms with Crippen molar-refractivity contribution in [3.63, 3.8) is 0 Å². The Morgan fingerprint density at radius 1 is 1.21 bits per heavy atom. The summed E-state index contributed by atoms with van der Waals surface area (Å²) in [6, 6.07) is 5.72. The standard InChI is InChI=1S/C21H23FN2O3S/c22-17-5-2-13(3-6-17)11-18-20(26)24(21(27)28-18)8-7-23-19(25)12-16-10-14-1-4-15(16)9-14/h2-3,5-6,11,14-16H,1,4,7-10,12H2,(H,23,25). The molecule has 7 heteroatoms. The van der Waals surface area contributed by atoms with Crippen LogP contribution in [0.15, 0.2) is 29.2 Å². The Hall–Kier alpha value is -2.15. The van der Waals surface area contributed by atoms with Gasteiger partial charge in [0.05, 0.1) is 4.91 Å². The molecule has 3 amide bonds. The number of carbonyl (C=O) groups is 3. The Labute approximate surface area is 167 Å². The Bertz CT molecular complexity index is 823. The molecule has 5 nitrogen and oxygen atoms in total. The van der Waals surface area contributed by atoms with Crippen molar-refractivity contribution < 1.29 is 18.8 Å². The highest BCUT2D eigenvalue weighted by molar-refractivity contribution is 8.18. The molecule has 1 aliphatic heterocycles. The topological polar surface area (TPSA) is 66.5 Å². The first-order chi connectivity index (χ1) is 13.5. The Morgan fingerprint density at radius 3 is 2.68 bits per heavy atom. The third kappa shape index (κ3) is 4.14. The van der Waals surface area contributed by atoms with E-state index in [0.29, 0.717) is 28.7 Å². The number of benzene rings is 1. The lowest BCUT2D eigenvalue weighted by Gasteiger charge is -2.21. The summed E-state index contributed by atoms with van der Waals surface area (Å²) in [5.41, 5.74) is 0.658. The van der Waals surface area contributed by atoms with E-state index < -0.39 is 0 Å². The fourth-order valence-corrected chi connectivity index (χ4v) is 5.51. The molecule has 0 spiro atoms. The molecule has 4 rings (SSSR count). The number of amides is 3. The van der Waals surface area contributed by atoms with Gasteiger partial charge in [-0.15, -0.1) is 0 Å². The molecule has 3 aliphatic rings. The molecule has 3 fully saturated rings. The minimum atomic E-state index is -0.373. The van der Waals surface area contributed by atoms with Gasteiger partial charge in [0, 0.05) is 19.5 Å². The number of rotatable bonds is 6. The van der Waals surface area contributed by atoms with Gasteiger partial charge in [-0.05, 0) is 72.6 Å². The molecule has 148 valence electrons. The van der Waals surface area contributed by atoms with E-state index in [-0.39, 0.29) is 36.0 Å². The Balaban J connectivity index is 1.26. The first-order valence-electron chi connectivity index (χ1n) is 9.77. The second-order valence-corrected chi connectivity index (χ2v) is 8.87. The molecule has 2 bridgehead atoms. The number of halogens is 1. The molecule has 1 heterocycles. The summed E-state index contributed by atoms with van der Waals surface area (Å²) in [5.74, 6) is 1.29. The van der Waals surface area contributed by atoms with Gasteiger partial charge in [-0.3, -0.25) is 19.3 Å². The van der Waals surface area contributed by atoms with E-state index in [1.165, 1.54) is 31.4 Å². The summed E-state index contributed by atoms with van der Waals surface area (Å²) >= 11 is 0.866. The number of carbonyl (C=O) groups excluding carboxylic acids is 3. The smallest absolute Gasteiger partial charge is 0.293 e. The minimum Gasteiger partial charge on any atom is -0.354 e. The zero-order chi connectivity index (χ0) is 19.7. The molecule has 2 saturated carbocycles. The molecule has 1 aromatic carbocycles. The van der Waals surface area contributed by atoms with Gasteiger partial charge >= 0.3 is 0 Å². The molecule has 2 aliphatic carbocycles. The molecule has 28 heavy (non-hydrogen) atoms. The number of imide groups is 1. The molecular formula is C21H23FN2O3S. The van der Waals surface area contributed by atoms with Gasteiger partial charge in [0.15, 0.2) is 0 Å². The zero-order valence-corrected chi connectivity index (χ0v) is 16.3. The Kier molecular flexibility index (Phi) is 5.53. The van der Waals surface area contributed by atoms with Crippen LogP contribution in [0.3, 0.4) is 0 Å². The summed E-state index contributed by atoms with van der Waals surface area (Å²) < 4.78 is 13.0. The van der Waals surface area contributed by atoms with Crippen molar-refractivity contribution in [2.45, 2.75) is 32.1 Å². The van der Waals surface area contributed by atoms with Crippen LogP contribution in [-0.4, -0.2) is 35.0 Å². The molecule has 1 aromatic rings. The van der Waals surface area contributed by atoms with Gasteiger partial charge in [-0.2, -0.15) is 0 Å². The lowest BCUT2D eigenvalue weighted by Crippen LogP contribution is -2.38. The van der Waals surface area contributed by atoms with E-state index in [4.69, 9.17) is 0 Å². The van der Waals surface area contributed by atoms with Crippen molar-refractivity contribution in [2.24, 2.45) is 17.8 Å². The number of nitrogens with one attached hydrogen (secondary N) is 1. The Morgan fingerprint density at radius 2 is 2.00 bits per heavy atom. The van der Waals surface area contributed by atoms with E-state index >= 15 is 0 Å². The fraction of sp³-hybridized carbons (Fsp3) is 0.476. The lowest BCUT2D eigenvalue weighted by molar-refractivity contribution is -0.124. The highest BCUT2D eigenvalue weighted by atomic mass is 32.2. The van der Waals surface area contributed by atoms with Crippen LogP contribution >= 0.6 is 11.8 Å². The van der Waals surface area contributed by atoms with Gasteiger partial charge < -0.3 is 5.32 Å². The van der Waals surface area contributed by atoms with Crippen LogP contribution in [0.4, 0.5) is 9.18 Å². The first kappa shape index (κ1) is 19.2. The maximum Gasteiger partial charge on any atom is 0.293 e. The molecule has 1 saturated heterocycles. The van der Waals surface area contributed by atoms with Gasteiger partial charge in [-0.25, -0.2) is 4.39 Å². The summed E-state index contributed by atoms with van der Waals surface area (Å²) in [5, 5.41) is 2.51. The summed E-state index contributed by atoms with van der Waals surface area (Å²) in [6.45, 7) is 0.426.